The van der Waals surface area contributed by atoms with Crippen molar-refractivity contribution in [2.45, 2.75) is 31.8 Å². The van der Waals surface area contributed by atoms with Gasteiger partial charge in [0.2, 0.25) is 0 Å². The second-order valence-corrected chi connectivity index (χ2v) is 5.50. The number of rotatable bonds is 3. The van der Waals surface area contributed by atoms with Crippen molar-refractivity contribution in [3.63, 3.8) is 0 Å². The van der Waals surface area contributed by atoms with Gasteiger partial charge in [-0.25, -0.2) is 0 Å². The molecule has 1 N–H and O–H groups in total. The minimum Gasteiger partial charge on any atom is -0.385 e. The lowest BCUT2D eigenvalue weighted by molar-refractivity contribution is 0.129. The van der Waals surface area contributed by atoms with Crippen molar-refractivity contribution in [1.29, 1.82) is 0 Å². The molecule has 0 radical (unpaired) electrons. The van der Waals surface area contributed by atoms with Crippen molar-refractivity contribution < 1.29 is 5.11 Å². The number of benzene rings is 1. The van der Waals surface area contributed by atoms with E-state index in [1.165, 1.54) is 0 Å². The van der Waals surface area contributed by atoms with Gasteiger partial charge in [0.05, 0.1) is 10.6 Å². The molecule has 0 aliphatic heterocycles. The van der Waals surface area contributed by atoms with Gasteiger partial charge in [0.15, 0.2) is 0 Å². The lowest BCUT2D eigenvalue weighted by Gasteiger charge is -2.11. The van der Waals surface area contributed by atoms with Crippen LogP contribution in [0, 0.1) is 5.92 Å². The van der Waals surface area contributed by atoms with Gasteiger partial charge in [-0.2, -0.15) is 0 Å². The predicted molar refractivity (Wildman–Crippen MR) is 66.1 cm³/mol. The molecule has 1 fully saturated rings. The smallest absolute Gasteiger partial charge is 0.0930 e. The zero-order valence-electron chi connectivity index (χ0n) is 8.63. The number of aliphatic hydroxyl groups is 1. The molecule has 0 bridgehead atoms. The molecule has 1 nitrogen and oxygen atoms in total. The third-order valence-electron chi connectivity index (χ3n) is 3.13. The van der Waals surface area contributed by atoms with Crippen molar-refractivity contribution in [3.05, 3.63) is 33.3 Å². The Morgan fingerprint density at radius 1 is 1.60 bits per heavy atom. The van der Waals surface area contributed by atoms with Crippen LogP contribution >= 0.6 is 27.5 Å². The van der Waals surface area contributed by atoms with E-state index in [4.69, 9.17) is 11.6 Å². The highest BCUT2D eigenvalue weighted by atomic mass is 79.9. The fraction of sp³-hybridized carbons (Fsp3) is 0.500. The highest BCUT2D eigenvalue weighted by Crippen LogP contribution is 2.54. The minimum absolute atomic E-state index is 0.426. The van der Waals surface area contributed by atoms with E-state index >= 15 is 0 Å². The topological polar surface area (TPSA) is 20.2 Å². The van der Waals surface area contributed by atoms with Gasteiger partial charge in [-0.3, -0.25) is 0 Å². The number of halogens is 2. The highest BCUT2D eigenvalue weighted by Gasteiger charge is 2.53. The van der Waals surface area contributed by atoms with Gasteiger partial charge in [0.1, 0.15) is 0 Å². The first-order valence-corrected chi connectivity index (χ1v) is 6.43. The van der Waals surface area contributed by atoms with Crippen LogP contribution in [-0.4, -0.2) is 5.11 Å². The number of hydrogen-bond acceptors (Lipinski definition) is 1. The molecule has 2 atom stereocenters. The fourth-order valence-corrected chi connectivity index (χ4v) is 2.62. The molecule has 0 spiro atoms. The molecule has 2 unspecified atom stereocenters. The standard InChI is InChI=1S/C12H14BrClO/c1-2-3-9-7-12(9,15)8-4-5-11(14)10(13)6-8/h4-6,9,15H,2-3,7H2,1H3. The van der Waals surface area contributed by atoms with E-state index < -0.39 is 5.60 Å². The van der Waals surface area contributed by atoms with Gasteiger partial charge >= 0.3 is 0 Å². The van der Waals surface area contributed by atoms with Gasteiger partial charge in [0, 0.05) is 4.47 Å². The second-order valence-electron chi connectivity index (χ2n) is 4.24. The van der Waals surface area contributed by atoms with Crippen LogP contribution in [-0.2, 0) is 5.60 Å². The summed E-state index contributed by atoms with van der Waals surface area (Å²) in [4.78, 5) is 0. The van der Waals surface area contributed by atoms with E-state index in [0.717, 1.165) is 29.3 Å². The van der Waals surface area contributed by atoms with Gasteiger partial charge in [-0.05, 0) is 52.4 Å². The summed E-state index contributed by atoms with van der Waals surface area (Å²) in [5.41, 5.74) is 0.389. The Kier molecular flexibility index (Phi) is 3.11. The molecule has 1 aliphatic carbocycles. The Bertz CT molecular complexity index is 380. The monoisotopic (exact) mass is 288 g/mol. The van der Waals surface area contributed by atoms with Crippen LogP contribution < -0.4 is 0 Å². The minimum atomic E-state index is -0.594. The van der Waals surface area contributed by atoms with Gasteiger partial charge in [-0.15, -0.1) is 0 Å². The van der Waals surface area contributed by atoms with E-state index in [0.29, 0.717) is 10.9 Å². The lowest BCUT2D eigenvalue weighted by Crippen LogP contribution is -2.08. The van der Waals surface area contributed by atoms with E-state index in [1.807, 2.05) is 18.2 Å². The summed E-state index contributed by atoms with van der Waals surface area (Å²) in [5.74, 6) is 0.426. The van der Waals surface area contributed by atoms with Crippen LogP contribution in [0.5, 0.6) is 0 Å². The molecule has 1 aromatic carbocycles. The summed E-state index contributed by atoms with van der Waals surface area (Å²) in [6.07, 6.45) is 3.10. The van der Waals surface area contributed by atoms with Crippen LogP contribution in [0.1, 0.15) is 31.7 Å². The van der Waals surface area contributed by atoms with Crippen LogP contribution in [0.4, 0.5) is 0 Å². The zero-order chi connectivity index (χ0) is 11.1. The van der Waals surface area contributed by atoms with Crippen molar-refractivity contribution in [1.82, 2.24) is 0 Å². The third kappa shape index (κ3) is 2.08. The van der Waals surface area contributed by atoms with Crippen LogP contribution in [0.25, 0.3) is 0 Å². The first kappa shape index (κ1) is 11.4. The third-order valence-corrected chi connectivity index (χ3v) is 4.34. The maximum Gasteiger partial charge on any atom is 0.0930 e. The molecule has 0 aromatic heterocycles. The molecule has 1 aromatic rings. The normalized spacial score (nSPS) is 29.2. The average Bonchev–Trinajstić information content (AvgIpc) is 2.84. The molecular formula is C12H14BrClO. The molecular weight excluding hydrogens is 275 g/mol. The highest BCUT2D eigenvalue weighted by molar-refractivity contribution is 9.10. The molecule has 82 valence electrons. The molecule has 1 saturated carbocycles. The Morgan fingerprint density at radius 3 is 2.93 bits per heavy atom. The van der Waals surface area contributed by atoms with Crippen LogP contribution in [0.2, 0.25) is 5.02 Å². The Labute approximate surface area is 104 Å². The quantitative estimate of drug-likeness (QED) is 0.888. The van der Waals surface area contributed by atoms with Gasteiger partial charge in [-0.1, -0.05) is 31.0 Å². The number of hydrogen-bond donors (Lipinski definition) is 1. The van der Waals surface area contributed by atoms with Crippen molar-refractivity contribution in [2.75, 3.05) is 0 Å². The average molecular weight is 290 g/mol. The maximum atomic E-state index is 10.3. The summed E-state index contributed by atoms with van der Waals surface area (Å²) in [7, 11) is 0. The summed E-state index contributed by atoms with van der Waals surface area (Å²) in [5, 5.41) is 11.0. The Balaban J connectivity index is 2.21. The van der Waals surface area contributed by atoms with Gasteiger partial charge in [0.25, 0.3) is 0 Å². The summed E-state index contributed by atoms with van der Waals surface area (Å²) in [6, 6.07) is 5.68. The summed E-state index contributed by atoms with van der Waals surface area (Å²) >= 11 is 9.30. The SMILES string of the molecule is CCCC1CC1(O)c1ccc(Cl)c(Br)c1. The first-order chi connectivity index (χ1) is 7.08. The van der Waals surface area contributed by atoms with Crippen molar-refractivity contribution in [2.24, 2.45) is 5.92 Å². The lowest BCUT2D eigenvalue weighted by atomic mass is 10.0. The Hall–Kier alpha value is -0.0500. The van der Waals surface area contributed by atoms with Crippen molar-refractivity contribution >= 4 is 27.5 Å². The summed E-state index contributed by atoms with van der Waals surface area (Å²) in [6.45, 7) is 2.15. The van der Waals surface area contributed by atoms with E-state index in [9.17, 15) is 5.11 Å². The maximum absolute atomic E-state index is 10.3. The summed E-state index contributed by atoms with van der Waals surface area (Å²) < 4.78 is 0.859. The molecule has 2 rings (SSSR count). The van der Waals surface area contributed by atoms with E-state index in [-0.39, 0.29) is 0 Å². The van der Waals surface area contributed by atoms with Crippen molar-refractivity contribution in [3.8, 4) is 0 Å². The second kappa shape index (κ2) is 4.08. The predicted octanol–water partition coefficient (Wildman–Crippen LogP) is 4.11. The van der Waals surface area contributed by atoms with E-state index in [2.05, 4.69) is 22.9 Å². The largest absolute Gasteiger partial charge is 0.385 e. The van der Waals surface area contributed by atoms with Crippen LogP contribution in [0.3, 0.4) is 0 Å². The first-order valence-electron chi connectivity index (χ1n) is 5.26. The molecule has 15 heavy (non-hydrogen) atoms. The molecule has 0 saturated heterocycles. The van der Waals surface area contributed by atoms with E-state index in [1.54, 1.807) is 0 Å². The Morgan fingerprint density at radius 2 is 2.33 bits per heavy atom. The molecule has 1 aliphatic rings. The molecule has 0 amide bonds. The molecule has 0 heterocycles. The molecule has 3 heteroatoms. The van der Waals surface area contributed by atoms with Gasteiger partial charge < -0.3 is 5.11 Å². The van der Waals surface area contributed by atoms with Crippen LogP contribution in [0.15, 0.2) is 22.7 Å². The zero-order valence-corrected chi connectivity index (χ0v) is 11.0. The fourth-order valence-electron chi connectivity index (χ4n) is 2.12.